The second kappa shape index (κ2) is 5.74. The zero-order valence-corrected chi connectivity index (χ0v) is 13.4. The molecule has 2 aromatic rings. The van der Waals surface area contributed by atoms with E-state index in [1.165, 1.54) is 11.5 Å². The van der Waals surface area contributed by atoms with Gasteiger partial charge in [0.05, 0.1) is 11.1 Å². The average Bonchev–Trinajstić information content (AvgIpc) is 2.86. The number of fused-ring (bicyclic) bond motifs is 1. The molecule has 0 bridgehead atoms. The van der Waals surface area contributed by atoms with Gasteiger partial charge in [0.15, 0.2) is 0 Å². The van der Waals surface area contributed by atoms with Gasteiger partial charge >= 0.3 is 0 Å². The van der Waals surface area contributed by atoms with E-state index in [-0.39, 0.29) is 11.8 Å². The first kappa shape index (κ1) is 15.1. The maximum atomic E-state index is 12.8. The van der Waals surface area contributed by atoms with E-state index in [0.29, 0.717) is 23.7 Å². The Balaban J connectivity index is 2.04. The van der Waals surface area contributed by atoms with Gasteiger partial charge in [-0.1, -0.05) is 11.6 Å². The number of rotatable bonds is 1. The van der Waals surface area contributed by atoms with Gasteiger partial charge in [-0.2, -0.15) is 0 Å². The normalized spacial score (nSPS) is 16.2. The zero-order chi connectivity index (χ0) is 15.9. The number of aromatic nitrogens is 1. The number of carbonyl (C=O) groups excluding carboxylic acids is 2. The Kier molecular flexibility index (Phi) is 3.93. The molecule has 0 atom stereocenters. The van der Waals surface area contributed by atoms with E-state index < -0.39 is 0 Å². The van der Waals surface area contributed by atoms with Gasteiger partial charge in [-0.25, -0.2) is 0 Å². The molecule has 116 valence electrons. The smallest absolute Gasteiger partial charge is 0.256 e. The molecule has 0 radical (unpaired) electrons. The average molecular weight is 320 g/mol. The molecule has 2 heterocycles. The molecule has 1 amide bonds. The molecule has 0 spiro atoms. The molecule has 1 aliphatic rings. The Morgan fingerprint density at radius 2 is 1.82 bits per heavy atom. The summed E-state index contributed by atoms with van der Waals surface area (Å²) in [6.07, 6.45) is 1.63. The summed E-state index contributed by atoms with van der Waals surface area (Å²) in [5, 5.41) is 1.29. The minimum absolute atomic E-state index is 0.0413. The summed E-state index contributed by atoms with van der Waals surface area (Å²) >= 11 is 6.06. The van der Waals surface area contributed by atoms with Crippen molar-refractivity contribution in [2.24, 2.45) is 0 Å². The highest BCUT2D eigenvalue weighted by Gasteiger charge is 2.24. The Morgan fingerprint density at radius 3 is 2.45 bits per heavy atom. The molecule has 1 aliphatic heterocycles. The second-order valence-electron chi connectivity index (χ2n) is 5.69. The van der Waals surface area contributed by atoms with Crippen LogP contribution in [0.4, 0.5) is 0 Å². The van der Waals surface area contributed by atoms with E-state index in [1.54, 1.807) is 24.4 Å². The lowest BCUT2D eigenvalue weighted by molar-refractivity contribution is 0.0666. The Bertz CT molecular complexity index is 745. The van der Waals surface area contributed by atoms with Crippen molar-refractivity contribution in [1.29, 1.82) is 0 Å². The molecule has 6 heteroatoms. The predicted molar refractivity (Wildman–Crippen MR) is 86.6 cm³/mol. The summed E-state index contributed by atoms with van der Waals surface area (Å²) in [5.41, 5.74) is 1.26. The van der Waals surface area contributed by atoms with Crippen LogP contribution in [0.25, 0.3) is 10.9 Å². The zero-order valence-electron chi connectivity index (χ0n) is 12.7. The quantitative estimate of drug-likeness (QED) is 0.810. The van der Waals surface area contributed by atoms with Crippen LogP contribution in [-0.2, 0) is 0 Å². The van der Waals surface area contributed by atoms with Crippen LogP contribution in [-0.4, -0.2) is 59.4 Å². The highest BCUT2D eigenvalue weighted by Crippen LogP contribution is 2.26. The fourth-order valence-corrected chi connectivity index (χ4v) is 2.99. The van der Waals surface area contributed by atoms with Crippen molar-refractivity contribution in [2.75, 3.05) is 33.2 Å². The lowest BCUT2D eigenvalue weighted by Crippen LogP contribution is -2.47. The standard InChI is InChI=1S/C16H18ClN3O2/c1-11(21)20-10-14(13-9-12(17)3-4-15(13)20)16(22)19-7-5-18(2)6-8-19/h3-4,9-10H,5-8H2,1-2H3. The van der Waals surface area contributed by atoms with Crippen LogP contribution in [0.2, 0.25) is 5.02 Å². The number of halogens is 1. The first-order valence-electron chi connectivity index (χ1n) is 7.27. The lowest BCUT2D eigenvalue weighted by Gasteiger charge is -2.32. The number of likely N-dealkylation sites (N-methyl/N-ethyl adjacent to an activating group) is 1. The van der Waals surface area contributed by atoms with E-state index >= 15 is 0 Å². The van der Waals surface area contributed by atoms with Crippen molar-refractivity contribution in [1.82, 2.24) is 14.4 Å². The predicted octanol–water partition coefficient (Wildman–Crippen LogP) is 2.34. The van der Waals surface area contributed by atoms with Crippen LogP contribution in [0.3, 0.4) is 0 Å². The van der Waals surface area contributed by atoms with Gasteiger partial charge < -0.3 is 9.80 Å². The number of hydrogen-bond acceptors (Lipinski definition) is 3. The summed E-state index contributed by atoms with van der Waals surface area (Å²) in [6, 6.07) is 5.26. The summed E-state index contributed by atoms with van der Waals surface area (Å²) < 4.78 is 1.51. The monoisotopic (exact) mass is 319 g/mol. The van der Waals surface area contributed by atoms with Crippen molar-refractivity contribution in [3.05, 3.63) is 35.0 Å². The molecule has 5 nitrogen and oxygen atoms in total. The molecular formula is C16H18ClN3O2. The summed E-state index contributed by atoms with van der Waals surface area (Å²) in [5.74, 6) is -0.162. The third-order valence-corrected chi connectivity index (χ3v) is 4.36. The largest absolute Gasteiger partial charge is 0.336 e. The number of amides is 1. The molecule has 3 rings (SSSR count). The van der Waals surface area contributed by atoms with Crippen LogP contribution in [0.1, 0.15) is 22.1 Å². The van der Waals surface area contributed by atoms with Crippen molar-refractivity contribution in [2.45, 2.75) is 6.92 Å². The summed E-state index contributed by atoms with van der Waals surface area (Å²) in [6.45, 7) is 4.60. The van der Waals surface area contributed by atoms with Crippen LogP contribution in [0.15, 0.2) is 24.4 Å². The highest BCUT2D eigenvalue weighted by atomic mass is 35.5. The second-order valence-corrected chi connectivity index (χ2v) is 6.13. The van der Waals surface area contributed by atoms with E-state index in [1.807, 2.05) is 11.9 Å². The Labute approximate surface area is 134 Å². The van der Waals surface area contributed by atoms with E-state index in [9.17, 15) is 9.59 Å². The Morgan fingerprint density at radius 1 is 1.14 bits per heavy atom. The molecule has 0 N–H and O–H groups in total. The molecular weight excluding hydrogens is 302 g/mol. The van der Waals surface area contributed by atoms with E-state index in [2.05, 4.69) is 4.90 Å². The van der Waals surface area contributed by atoms with Crippen LogP contribution >= 0.6 is 11.6 Å². The van der Waals surface area contributed by atoms with Gasteiger partial charge in [0.2, 0.25) is 5.91 Å². The number of nitrogens with zero attached hydrogens (tertiary/aromatic N) is 3. The molecule has 1 saturated heterocycles. The van der Waals surface area contributed by atoms with Crippen LogP contribution in [0, 0.1) is 0 Å². The number of hydrogen-bond donors (Lipinski definition) is 0. The van der Waals surface area contributed by atoms with Gasteiger partial charge in [0.25, 0.3) is 5.91 Å². The fourth-order valence-electron chi connectivity index (χ4n) is 2.81. The first-order valence-corrected chi connectivity index (χ1v) is 7.64. The van der Waals surface area contributed by atoms with Crippen molar-refractivity contribution >= 4 is 34.3 Å². The first-order chi connectivity index (χ1) is 10.5. The molecule has 0 aliphatic carbocycles. The Hall–Kier alpha value is -1.85. The highest BCUT2D eigenvalue weighted by molar-refractivity contribution is 6.31. The van der Waals surface area contributed by atoms with Crippen molar-refractivity contribution in [3.8, 4) is 0 Å². The number of benzene rings is 1. The van der Waals surface area contributed by atoms with Gasteiger partial charge in [-0.15, -0.1) is 0 Å². The summed E-state index contributed by atoms with van der Waals surface area (Å²) in [7, 11) is 2.04. The van der Waals surface area contributed by atoms with Gasteiger partial charge in [0.1, 0.15) is 0 Å². The third-order valence-electron chi connectivity index (χ3n) is 4.13. The minimum atomic E-state index is -0.121. The maximum Gasteiger partial charge on any atom is 0.256 e. The topological polar surface area (TPSA) is 45.6 Å². The van der Waals surface area contributed by atoms with Crippen molar-refractivity contribution in [3.63, 3.8) is 0 Å². The molecule has 0 unspecified atom stereocenters. The molecule has 0 saturated carbocycles. The minimum Gasteiger partial charge on any atom is -0.336 e. The van der Waals surface area contributed by atoms with E-state index in [0.717, 1.165) is 24.0 Å². The van der Waals surface area contributed by atoms with Crippen molar-refractivity contribution < 1.29 is 9.59 Å². The molecule has 1 aromatic heterocycles. The summed E-state index contributed by atoms with van der Waals surface area (Å²) in [4.78, 5) is 28.6. The SMILES string of the molecule is CC(=O)n1cc(C(=O)N2CCN(C)CC2)c2cc(Cl)ccc21. The fraction of sp³-hybridized carbons (Fsp3) is 0.375. The third kappa shape index (κ3) is 2.62. The van der Waals surface area contributed by atoms with Crippen LogP contribution < -0.4 is 0 Å². The molecule has 1 aromatic carbocycles. The van der Waals surface area contributed by atoms with Gasteiger partial charge in [0, 0.05) is 49.7 Å². The van der Waals surface area contributed by atoms with Gasteiger partial charge in [-0.3, -0.25) is 14.2 Å². The number of carbonyl (C=O) groups is 2. The van der Waals surface area contributed by atoms with E-state index in [4.69, 9.17) is 11.6 Å². The molecule has 22 heavy (non-hydrogen) atoms. The maximum absolute atomic E-state index is 12.8. The lowest BCUT2D eigenvalue weighted by atomic mass is 10.1. The van der Waals surface area contributed by atoms with Gasteiger partial charge in [-0.05, 0) is 25.2 Å². The van der Waals surface area contributed by atoms with Crippen LogP contribution in [0.5, 0.6) is 0 Å². The molecule has 1 fully saturated rings. The number of piperazine rings is 1.